The van der Waals surface area contributed by atoms with Crippen LogP contribution in [0.15, 0.2) is 36.5 Å². The summed E-state index contributed by atoms with van der Waals surface area (Å²) in [6.07, 6.45) is 47.7. The van der Waals surface area contributed by atoms with Crippen LogP contribution in [0.2, 0.25) is 0 Å². The summed E-state index contributed by atoms with van der Waals surface area (Å²) in [6, 6.07) is -1.52. The van der Waals surface area contributed by atoms with Gasteiger partial charge >= 0.3 is 25.7 Å². The van der Waals surface area contributed by atoms with Crippen molar-refractivity contribution in [2.24, 2.45) is 5.73 Å². The van der Waals surface area contributed by atoms with Gasteiger partial charge in [-0.15, -0.1) is 0 Å². The molecule has 0 bridgehead atoms. The maximum Gasteiger partial charge on any atom is 0.472 e. The first-order valence-electron chi connectivity index (χ1n) is 24.0. The predicted octanol–water partition coefficient (Wildman–Crippen LogP) is 13.2. The van der Waals surface area contributed by atoms with Crippen molar-refractivity contribution in [2.45, 2.75) is 231 Å². The van der Waals surface area contributed by atoms with Gasteiger partial charge in [0.15, 0.2) is 6.10 Å². The summed E-state index contributed by atoms with van der Waals surface area (Å²) >= 11 is 0. The van der Waals surface area contributed by atoms with E-state index in [9.17, 15) is 23.8 Å². The third kappa shape index (κ3) is 42.4. The normalized spacial score (nSPS) is 13.9. The number of allylic oxidation sites excluding steroid dienone is 6. The summed E-state index contributed by atoms with van der Waals surface area (Å²) in [4.78, 5) is 46.1. The van der Waals surface area contributed by atoms with Crippen molar-refractivity contribution in [3.8, 4) is 0 Å². The number of hydrogen-bond acceptors (Lipinski definition) is 9. The Morgan fingerprint density at radius 3 is 1.35 bits per heavy atom. The molecule has 11 nitrogen and oxygen atoms in total. The van der Waals surface area contributed by atoms with Crippen LogP contribution < -0.4 is 5.73 Å². The quantitative estimate of drug-likeness (QED) is 0.0230. The molecule has 0 aliphatic heterocycles. The lowest BCUT2D eigenvalue weighted by atomic mass is 10.1. The van der Waals surface area contributed by atoms with Gasteiger partial charge in [-0.2, -0.15) is 0 Å². The number of carboxylic acid groups (broad SMARTS) is 1. The summed E-state index contributed by atoms with van der Waals surface area (Å²) in [5, 5.41) is 8.91. The Balaban J connectivity index is 4.30. The largest absolute Gasteiger partial charge is 0.480 e. The lowest BCUT2D eigenvalue weighted by Gasteiger charge is -2.20. The number of nitrogens with two attached hydrogens (primary N) is 1. The van der Waals surface area contributed by atoms with Crippen LogP contribution in [-0.4, -0.2) is 59.9 Å². The van der Waals surface area contributed by atoms with Crippen molar-refractivity contribution in [1.82, 2.24) is 0 Å². The summed E-state index contributed by atoms with van der Waals surface area (Å²) in [6.45, 7) is 2.79. The van der Waals surface area contributed by atoms with Crippen molar-refractivity contribution in [3.05, 3.63) is 36.5 Å². The molecule has 0 spiro atoms. The van der Waals surface area contributed by atoms with Crippen LogP contribution in [0.3, 0.4) is 0 Å². The van der Waals surface area contributed by atoms with E-state index in [4.69, 9.17) is 24.8 Å². The lowest BCUT2D eigenvalue weighted by molar-refractivity contribution is -0.161. The fourth-order valence-corrected chi connectivity index (χ4v) is 7.34. The third-order valence-electron chi connectivity index (χ3n) is 10.4. The minimum atomic E-state index is -4.72. The summed E-state index contributed by atoms with van der Waals surface area (Å²) in [5.74, 6) is -2.38. The average molecular weight is 870 g/mol. The van der Waals surface area contributed by atoms with Crippen LogP contribution in [0.5, 0.6) is 0 Å². The molecule has 0 radical (unpaired) electrons. The zero-order valence-corrected chi connectivity index (χ0v) is 38.9. The molecule has 3 atom stereocenters. The van der Waals surface area contributed by atoms with E-state index < -0.39 is 51.1 Å². The molecule has 0 heterocycles. The van der Waals surface area contributed by atoms with Gasteiger partial charge in [0.25, 0.3) is 0 Å². The third-order valence-corrected chi connectivity index (χ3v) is 11.3. The second-order valence-electron chi connectivity index (χ2n) is 16.2. The molecule has 0 aromatic rings. The number of ether oxygens (including phenoxy) is 2. The molecule has 0 aromatic heterocycles. The van der Waals surface area contributed by atoms with Crippen molar-refractivity contribution in [1.29, 1.82) is 0 Å². The Labute approximate surface area is 365 Å². The molecule has 0 saturated heterocycles. The van der Waals surface area contributed by atoms with Crippen molar-refractivity contribution >= 4 is 25.7 Å². The number of unbranched alkanes of at least 4 members (excludes halogenated alkanes) is 25. The first-order chi connectivity index (χ1) is 29.1. The van der Waals surface area contributed by atoms with Gasteiger partial charge in [0.05, 0.1) is 13.2 Å². The molecule has 0 aromatic carbocycles. The summed E-state index contributed by atoms with van der Waals surface area (Å²) in [5.41, 5.74) is 5.34. The fourth-order valence-electron chi connectivity index (χ4n) is 6.56. The van der Waals surface area contributed by atoms with Gasteiger partial charge in [-0.3, -0.25) is 23.4 Å². The maximum atomic E-state index is 12.7. The van der Waals surface area contributed by atoms with E-state index in [0.717, 1.165) is 51.4 Å². The number of phosphoric ester groups is 1. The Morgan fingerprint density at radius 1 is 0.517 bits per heavy atom. The summed E-state index contributed by atoms with van der Waals surface area (Å²) in [7, 11) is -4.72. The Bertz CT molecular complexity index is 1160. The SMILES string of the molecule is CCCCC/C=C\C/C=C\CCCCCCCCCC(=O)OC[C@H](COP(=O)(O)OC[C@H](N)C(=O)O)OC(=O)CCCCCCCCCCC/C=C\CCCCCCCC. The van der Waals surface area contributed by atoms with Gasteiger partial charge in [0.2, 0.25) is 0 Å². The van der Waals surface area contributed by atoms with E-state index >= 15 is 0 Å². The number of carbonyl (C=O) groups is 3. The molecule has 1 unspecified atom stereocenters. The molecular weight excluding hydrogens is 781 g/mol. The van der Waals surface area contributed by atoms with Gasteiger partial charge < -0.3 is 25.2 Å². The number of esters is 2. The molecule has 0 amide bonds. The smallest absolute Gasteiger partial charge is 0.472 e. The Hall–Kier alpha value is -2.30. The van der Waals surface area contributed by atoms with Gasteiger partial charge in [-0.05, 0) is 70.6 Å². The number of carbonyl (C=O) groups excluding carboxylic acids is 2. The molecule has 60 heavy (non-hydrogen) atoms. The minimum Gasteiger partial charge on any atom is -0.480 e. The van der Waals surface area contributed by atoms with Crippen molar-refractivity contribution in [2.75, 3.05) is 19.8 Å². The number of phosphoric acid groups is 1. The predicted molar refractivity (Wildman–Crippen MR) is 245 cm³/mol. The van der Waals surface area contributed by atoms with E-state index in [2.05, 4.69) is 54.8 Å². The molecule has 0 rings (SSSR count). The van der Waals surface area contributed by atoms with Crippen LogP contribution in [0.25, 0.3) is 0 Å². The highest BCUT2D eigenvalue weighted by Crippen LogP contribution is 2.43. The molecule has 350 valence electrons. The minimum absolute atomic E-state index is 0.158. The van der Waals surface area contributed by atoms with Crippen LogP contribution in [0.1, 0.15) is 219 Å². The van der Waals surface area contributed by atoms with E-state index in [-0.39, 0.29) is 19.4 Å². The molecule has 0 aliphatic rings. The fraction of sp³-hybridized carbons (Fsp3) is 0.812. The van der Waals surface area contributed by atoms with Crippen LogP contribution in [0, 0.1) is 0 Å². The number of rotatable bonds is 45. The number of aliphatic carboxylic acids is 1. The van der Waals surface area contributed by atoms with Gasteiger partial charge in [-0.25, -0.2) is 4.57 Å². The molecule has 0 aliphatic carbocycles. The Morgan fingerprint density at radius 2 is 0.883 bits per heavy atom. The number of carboxylic acids is 1. The topological polar surface area (TPSA) is 172 Å². The first-order valence-corrected chi connectivity index (χ1v) is 25.5. The molecule has 12 heteroatoms. The van der Waals surface area contributed by atoms with Gasteiger partial charge in [0, 0.05) is 12.8 Å². The standard InChI is InChI=1S/C48H88NO10P/c1-3-5-7-9-11-13-15-17-19-21-22-24-26-28-30-32-34-36-38-40-47(51)59-44(42-57-60(54,55)58-43-45(49)48(52)53)41-56-46(50)39-37-35-33-31-29-27-25-23-20-18-16-14-12-10-8-6-4-2/h12,14,17-20,44-45H,3-11,13,15-16,21-43,49H2,1-2H3,(H,52,53)(H,54,55)/b14-12-,19-17-,20-18-/t44-,45+/m1/s1. The second kappa shape index (κ2) is 43.4. The Kier molecular flexibility index (Phi) is 41.7. The van der Waals surface area contributed by atoms with Gasteiger partial charge in [0.1, 0.15) is 12.6 Å². The zero-order valence-electron chi connectivity index (χ0n) is 38.1. The zero-order chi connectivity index (χ0) is 44.2. The molecule has 4 N–H and O–H groups in total. The van der Waals surface area contributed by atoms with E-state index in [1.807, 2.05) is 0 Å². The first kappa shape index (κ1) is 57.7. The van der Waals surface area contributed by atoms with Crippen molar-refractivity contribution < 1.29 is 47.5 Å². The maximum absolute atomic E-state index is 12.7. The highest BCUT2D eigenvalue weighted by atomic mass is 31.2. The molecule has 0 saturated carbocycles. The van der Waals surface area contributed by atoms with Gasteiger partial charge in [-0.1, -0.05) is 172 Å². The molecule has 0 fully saturated rings. The van der Waals surface area contributed by atoms with Crippen LogP contribution >= 0.6 is 7.82 Å². The lowest BCUT2D eigenvalue weighted by Crippen LogP contribution is -2.34. The van der Waals surface area contributed by atoms with E-state index in [1.54, 1.807) is 0 Å². The molecular formula is C48H88NO10P. The number of hydrogen-bond donors (Lipinski definition) is 3. The highest BCUT2D eigenvalue weighted by Gasteiger charge is 2.28. The van der Waals surface area contributed by atoms with Crippen LogP contribution in [0.4, 0.5) is 0 Å². The average Bonchev–Trinajstić information content (AvgIpc) is 3.22. The second-order valence-corrected chi connectivity index (χ2v) is 17.7. The monoisotopic (exact) mass is 870 g/mol. The van der Waals surface area contributed by atoms with Crippen molar-refractivity contribution in [3.63, 3.8) is 0 Å². The van der Waals surface area contributed by atoms with E-state index in [1.165, 1.54) is 128 Å². The highest BCUT2D eigenvalue weighted by molar-refractivity contribution is 7.47. The van der Waals surface area contributed by atoms with Crippen LogP contribution in [-0.2, 0) is 37.5 Å². The van der Waals surface area contributed by atoms with E-state index in [0.29, 0.717) is 12.8 Å². The summed E-state index contributed by atoms with van der Waals surface area (Å²) < 4.78 is 32.8.